The van der Waals surface area contributed by atoms with E-state index < -0.39 is 35.5 Å². The molecule has 0 aliphatic carbocycles. The maximum Gasteiger partial charge on any atom is 0.261 e. The van der Waals surface area contributed by atoms with Crippen LogP contribution in [0.5, 0.6) is 0 Å². The average Bonchev–Trinajstić information content (AvgIpc) is 2.60. The Morgan fingerprint density at radius 3 is 2.57 bits per heavy atom. The van der Waals surface area contributed by atoms with E-state index in [1.165, 1.54) is 6.92 Å². The second kappa shape index (κ2) is 5.43. The van der Waals surface area contributed by atoms with E-state index in [4.69, 9.17) is 0 Å². The van der Waals surface area contributed by atoms with E-state index in [1.807, 2.05) is 0 Å². The molecule has 0 spiro atoms. The Balaban J connectivity index is 2.27. The summed E-state index contributed by atoms with van der Waals surface area (Å²) in [5.41, 5.74) is 0.144. The standard InChI is InChI=1S/C14H13FN2O4/c1-7(15)3-4-9-8(2)13(20)17(14(9)21)10-5-6-11(18)16-12(10)19/h3-4,10H,1,5-6H2,2H3,(H,16,18,19)/b4-3-. The van der Waals surface area contributed by atoms with Crippen molar-refractivity contribution < 1.29 is 23.6 Å². The Hall–Kier alpha value is -2.57. The van der Waals surface area contributed by atoms with Gasteiger partial charge in [-0.15, -0.1) is 0 Å². The number of nitrogens with one attached hydrogen (secondary N) is 1. The molecule has 0 aromatic rings. The van der Waals surface area contributed by atoms with Crippen molar-refractivity contribution in [3.8, 4) is 0 Å². The molecular weight excluding hydrogens is 279 g/mol. The first kappa shape index (κ1) is 14.8. The fourth-order valence-electron chi connectivity index (χ4n) is 2.26. The van der Waals surface area contributed by atoms with Crippen LogP contribution in [0, 0.1) is 0 Å². The van der Waals surface area contributed by atoms with Crippen molar-refractivity contribution in [3.63, 3.8) is 0 Å². The second-order valence-corrected chi connectivity index (χ2v) is 4.77. The molecular formula is C14H13FN2O4. The summed E-state index contributed by atoms with van der Waals surface area (Å²) in [5, 5.41) is 2.09. The largest absolute Gasteiger partial charge is 0.295 e. The minimum atomic E-state index is -1.02. The zero-order valence-electron chi connectivity index (χ0n) is 11.3. The van der Waals surface area contributed by atoms with Crippen LogP contribution in [0.1, 0.15) is 19.8 Å². The summed E-state index contributed by atoms with van der Waals surface area (Å²) in [7, 11) is 0. The van der Waals surface area contributed by atoms with Gasteiger partial charge in [-0.3, -0.25) is 29.4 Å². The van der Waals surface area contributed by atoms with E-state index in [9.17, 15) is 23.6 Å². The molecule has 1 saturated heterocycles. The number of allylic oxidation sites excluding steroid dienone is 2. The SMILES string of the molecule is C=C(F)/C=C\C1=C(C)C(=O)N(C2CCC(=O)NC2=O)C1=O. The molecule has 0 aromatic carbocycles. The minimum absolute atomic E-state index is 0.0171. The van der Waals surface area contributed by atoms with Gasteiger partial charge in [-0.2, -0.15) is 0 Å². The van der Waals surface area contributed by atoms with Crippen LogP contribution < -0.4 is 5.32 Å². The maximum absolute atomic E-state index is 12.6. The van der Waals surface area contributed by atoms with Crippen LogP contribution in [0.25, 0.3) is 0 Å². The van der Waals surface area contributed by atoms with E-state index in [0.717, 1.165) is 17.1 Å². The molecule has 1 N–H and O–H groups in total. The van der Waals surface area contributed by atoms with Gasteiger partial charge in [-0.1, -0.05) is 6.58 Å². The highest BCUT2D eigenvalue weighted by Gasteiger charge is 2.43. The van der Waals surface area contributed by atoms with Gasteiger partial charge in [0.05, 0.1) is 0 Å². The predicted octanol–water partition coefficient (Wildman–Crippen LogP) is 0.516. The third-order valence-electron chi connectivity index (χ3n) is 3.35. The molecule has 1 unspecified atom stereocenters. The van der Waals surface area contributed by atoms with Crippen LogP contribution in [-0.2, 0) is 19.2 Å². The zero-order valence-corrected chi connectivity index (χ0v) is 11.3. The van der Waals surface area contributed by atoms with E-state index in [1.54, 1.807) is 0 Å². The Bertz CT molecular complexity index is 633. The van der Waals surface area contributed by atoms with Gasteiger partial charge in [0.2, 0.25) is 11.8 Å². The smallest absolute Gasteiger partial charge is 0.261 e. The molecule has 2 rings (SSSR count). The lowest BCUT2D eigenvalue weighted by atomic mass is 10.0. The van der Waals surface area contributed by atoms with Crippen molar-refractivity contribution in [1.29, 1.82) is 0 Å². The number of imide groups is 2. The number of halogens is 1. The zero-order chi connectivity index (χ0) is 15.7. The first-order valence-corrected chi connectivity index (χ1v) is 6.28. The summed E-state index contributed by atoms with van der Waals surface area (Å²) < 4.78 is 12.6. The van der Waals surface area contributed by atoms with Crippen LogP contribution in [0.2, 0.25) is 0 Å². The first-order valence-electron chi connectivity index (χ1n) is 6.28. The summed E-state index contributed by atoms with van der Waals surface area (Å²) in [6, 6.07) is -1.02. The Morgan fingerprint density at radius 2 is 2.00 bits per heavy atom. The highest BCUT2D eigenvalue weighted by atomic mass is 19.1. The molecule has 7 heteroatoms. The monoisotopic (exact) mass is 292 g/mol. The molecule has 1 fully saturated rings. The molecule has 1 atom stereocenters. The van der Waals surface area contributed by atoms with E-state index in [0.29, 0.717) is 0 Å². The van der Waals surface area contributed by atoms with Gasteiger partial charge in [0.25, 0.3) is 11.8 Å². The van der Waals surface area contributed by atoms with Gasteiger partial charge in [-0.05, 0) is 25.5 Å². The summed E-state index contributed by atoms with van der Waals surface area (Å²) in [6.07, 6.45) is 2.27. The van der Waals surface area contributed by atoms with Crippen LogP contribution in [-0.4, -0.2) is 34.6 Å². The highest BCUT2D eigenvalue weighted by Crippen LogP contribution is 2.26. The molecule has 0 saturated carbocycles. The summed E-state index contributed by atoms with van der Waals surface area (Å²) >= 11 is 0. The molecule has 2 aliphatic rings. The quantitative estimate of drug-likeness (QED) is 0.607. The van der Waals surface area contributed by atoms with Gasteiger partial charge in [0.1, 0.15) is 11.9 Å². The normalized spacial score (nSPS) is 23.3. The lowest BCUT2D eigenvalue weighted by molar-refractivity contribution is -0.150. The molecule has 2 aliphatic heterocycles. The summed E-state index contributed by atoms with van der Waals surface area (Å²) in [5.74, 6) is -3.16. The van der Waals surface area contributed by atoms with Gasteiger partial charge >= 0.3 is 0 Å². The number of carbonyl (C=O) groups excluding carboxylic acids is 4. The van der Waals surface area contributed by atoms with E-state index in [2.05, 4.69) is 11.9 Å². The van der Waals surface area contributed by atoms with Crippen molar-refractivity contribution in [1.82, 2.24) is 10.2 Å². The van der Waals surface area contributed by atoms with Gasteiger partial charge < -0.3 is 0 Å². The Morgan fingerprint density at radius 1 is 1.33 bits per heavy atom. The van der Waals surface area contributed by atoms with Crippen LogP contribution in [0.4, 0.5) is 4.39 Å². The van der Waals surface area contributed by atoms with Crippen molar-refractivity contribution in [2.24, 2.45) is 0 Å². The van der Waals surface area contributed by atoms with Crippen LogP contribution in [0.15, 0.2) is 35.7 Å². The maximum atomic E-state index is 12.6. The third-order valence-corrected chi connectivity index (χ3v) is 3.35. The van der Waals surface area contributed by atoms with Gasteiger partial charge in [-0.25, -0.2) is 4.39 Å². The number of hydrogen-bond donors (Lipinski definition) is 1. The molecule has 0 aromatic heterocycles. The average molecular weight is 292 g/mol. The van der Waals surface area contributed by atoms with Crippen LogP contribution >= 0.6 is 0 Å². The number of piperidine rings is 1. The van der Waals surface area contributed by atoms with Crippen molar-refractivity contribution in [2.45, 2.75) is 25.8 Å². The number of nitrogens with zero attached hydrogens (tertiary/aromatic N) is 1. The Labute approximate surface area is 120 Å². The number of rotatable bonds is 3. The fraction of sp³-hybridized carbons (Fsp3) is 0.286. The minimum Gasteiger partial charge on any atom is -0.295 e. The van der Waals surface area contributed by atoms with Crippen molar-refractivity contribution in [3.05, 3.63) is 35.7 Å². The highest BCUT2D eigenvalue weighted by molar-refractivity contribution is 6.22. The number of amides is 4. The molecule has 0 radical (unpaired) electrons. The molecule has 2 heterocycles. The topological polar surface area (TPSA) is 83.6 Å². The van der Waals surface area contributed by atoms with Crippen LogP contribution in [0.3, 0.4) is 0 Å². The molecule has 0 bridgehead atoms. The van der Waals surface area contributed by atoms with E-state index >= 15 is 0 Å². The van der Waals surface area contributed by atoms with Gasteiger partial charge in [0, 0.05) is 17.6 Å². The molecule has 110 valence electrons. The lowest BCUT2D eigenvalue weighted by Gasteiger charge is -2.28. The molecule has 6 nitrogen and oxygen atoms in total. The molecule has 21 heavy (non-hydrogen) atoms. The second-order valence-electron chi connectivity index (χ2n) is 4.77. The number of carbonyl (C=O) groups is 4. The van der Waals surface area contributed by atoms with Crippen molar-refractivity contribution >= 4 is 23.6 Å². The summed E-state index contributed by atoms with van der Waals surface area (Å²) in [4.78, 5) is 48.1. The predicted molar refractivity (Wildman–Crippen MR) is 70.1 cm³/mol. The third kappa shape index (κ3) is 2.67. The Kier molecular flexibility index (Phi) is 3.84. The van der Waals surface area contributed by atoms with Gasteiger partial charge in [0.15, 0.2) is 0 Å². The molecule has 4 amide bonds. The lowest BCUT2D eigenvalue weighted by Crippen LogP contribution is -2.54. The van der Waals surface area contributed by atoms with Crippen molar-refractivity contribution in [2.75, 3.05) is 0 Å². The van der Waals surface area contributed by atoms with E-state index in [-0.39, 0.29) is 24.0 Å². The fourth-order valence-corrected chi connectivity index (χ4v) is 2.26. The summed E-state index contributed by atoms with van der Waals surface area (Å²) in [6.45, 7) is 4.45. The first-order chi connectivity index (χ1) is 9.82. The number of hydrogen-bond acceptors (Lipinski definition) is 4.